The summed E-state index contributed by atoms with van der Waals surface area (Å²) in [5.74, 6) is 0.610. The van der Waals surface area contributed by atoms with Crippen LogP contribution in [-0.4, -0.2) is 12.1 Å². The molecule has 18 heavy (non-hydrogen) atoms. The molecule has 0 saturated heterocycles. The average Bonchev–Trinajstić information content (AvgIpc) is 2.38. The van der Waals surface area contributed by atoms with E-state index in [9.17, 15) is 0 Å². The molecule has 1 aromatic heterocycles. The summed E-state index contributed by atoms with van der Waals surface area (Å²) in [4.78, 5) is 4.16. The number of hydrogen-bond acceptors (Lipinski definition) is 4. The van der Waals surface area contributed by atoms with Gasteiger partial charge in [-0.2, -0.15) is 5.26 Å². The molecule has 0 aliphatic rings. The van der Waals surface area contributed by atoms with Gasteiger partial charge in [-0.25, -0.2) is 4.98 Å². The van der Waals surface area contributed by atoms with Crippen molar-refractivity contribution in [2.45, 2.75) is 0 Å². The molecule has 1 aromatic carbocycles. The van der Waals surface area contributed by atoms with E-state index >= 15 is 0 Å². The number of nitrogens with two attached hydrogens (primary N) is 1. The Balaban J connectivity index is 2.46. The second-order valence-electron chi connectivity index (χ2n) is 3.60. The highest BCUT2D eigenvalue weighted by Gasteiger charge is 2.07. The molecule has 0 radical (unpaired) electrons. The zero-order chi connectivity index (χ0) is 13.1. The summed E-state index contributed by atoms with van der Waals surface area (Å²) in [5.41, 5.74) is 8.18. The zero-order valence-electron chi connectivity index (χ0n) is 9.64. The highest BCUT2D eigenvalue weighted by atomic mass is 35.5. The molecule has 0 atom stereocenters. The number of pyridine rings is 1. The Labute approximate surface area is 110 Å². The Morgan fingerprint density at radius 3 is 2.67 bits per heavy atom. The summed E-state index contributed by atoms with van der Waals surface area (Å²) in [5, 5.41) is 8.97. The van der Waals surface area contributed by atoms with Crippen LogP contribution in [0.5, 0.6) is 5.75 Å². The largest absolute Gasteiger partial charge is 0.495 e. The molecule has 2 aromatic rings. The van der Waals surface area contributed by atoms with Gasteiger partial charge < -0.3 is 10.5 Å². The lowest BCUT2D eigenvalue weighted by molar-refractivity contribution is 0.417. The minimum Gasteiger partial charge on any atom is -0.495 e. The first kappa shape index (κ1) is 12.2. The van der Waals surface area contributed by atoms with Crippen molar-refractivity contribution in [3.8, 4) is 23.1 Å². The van der Waals surface area contributed by atoms with Gasteiger partial charge in [0, 0.05) is 5.56 Å². The predicted molar refractivity (Wildman–Crippen MR) is 70.4 cm³/mol. The minimum atomic E-state index is 0.185. The van der Waals surface area contributed by atoms with Crippen molar-refractivity contribution >= 4 is 17.3 Å². The lowest BCUT2D eigenvalue weighted by atomic mass is 10.1. The SMILES string of the molecule is COc1ccc(-c2ccc(C#N)c(Cl)n2)cc1N. The Bertz CT molecular complexity index is 635. The van der Waals surface area contributed by atoms with E-state index < -0.39 is 0 Å². The standard InChI is InChI=1S/C13H10ClN3O/c1-18-12-5-3-8(6-10(12)16)11-4-2-9(7-15)13(14)17-11/h2-6H,16H2,1H3. The molecule has 4 nitrogen and oxygen atoms in total. The molecular weight excluding hydrogens is 250 g/mol. The molecule has 2 rings (SSSR count). The third-order valence-corrected chi connectivity index (χ3v) is 2.78. The lowest BCUT2D eigenvalue weighted by Crippen LogP contribution is -1.94. The van der Waals surface area contributed by atoms with Crippen LogP contribution in [0.1, 0.15) is 5.56 Å². The van der Waals surface area contributed by atoms with Crippen LogP contribution in [0, 0.1) is 11.3 Å². The molecule has 90 valence electrons. The minimum absolute atomic E-state index is 0.185. The molecule has 0 saturated carbocycles. The van der Waals surface area contributed by atoms with Gasteiger partial charge in [0.2, 0.25) is 0 Å². The summed E-state index contributed by atoms with van der Waals surface area (Å²) >= 11 is 5.89. The van der Waals surface area contributed by atoms with Crippen molar-refractivity contribution in [1.82, 2.24) is 4.98 Å². The number of benzene rings is 1. The second kappa shape index (κ2) is 4.94. The number of halogens is 1. The van der Waals surface area contributed by atoms with Gasteiger partial charge in [0.1, 0.15) is 17.0 Å². The van der Waals surface area contributed by atoms with E-state index in [1.165, 1.54) is 0 Å². The van der Waals surface area contributed by atoms with E-state index in [2.05, 4.69) is 4.98 Å². The van der Waals surface area contributed by atoms with E-state index in [-0.39, 0.29) is 5.15 Å². The number of methoxy groups -OCH3 is 1. The molecule has 2 N–H and O–H groups in total. The number of nitriles is 1. The van der Waals surface area contributed by atoms with Gasteiger partial charge in [-0.15, -0.1) is 0 Å². The van der Waals surface area contributed by atoms with Crippen molar-refractivity contribution in [1.29, 1.82) is 5.26 Å². The maximum atomic E-state index is 8.78. The van der Waals surface area contributed by atoms with Crippen molar-refractivity contribution in [3.63, 3.8) is 0 Å². The summed E-state index contributed by atoms with van der Waals surface area (Å²) < 4.78 is 5.08. The van der Waals surface area contributed by atoms with Gasteiger partial charge in [0.25, 0.3) is 0 Å². The van der Waals surface area contributed by atoms with Gasteiger partial charge in [0.15, 0.2) is 0 Å². The Morgan fingerprint density at radius 2 is 2.11 bits per heavy atom. The molecule has 0 spiro atoms. The molecule has 0 aliphatic heterocycles. The van der Waals surface area contributed by atoms with Crippen LogP contribution in [-0.2, 0) is 0 Å². The summed E-state index contributed by atoms with van der Waals surface area (Å²) in [6.45, 7) is 0. The van der Waals surface area contributed by atoms with Crippen LogP contribution in [0.25, 0.3) is 11.3 Å². The van der Waals surface area contributed by atoms with Crippen molar-refractivity contribution in [2.24, 2.45) is 0 Å². The smallest absolute Gasteiger partial charge is 0.147 e. The van der Waals surface area contributed by atoms with Crippen molar-refractivity contribution < 1.29 is 4.74 Å². The van der Waals surface area contributed by atoms with Gasteiger partial charge in [-0.05, 0) is 30.3 Å². The predicted octanol–water partition coefficient (Wildman–Crippen LogP) is 2.86. The van der Waals surface area contributed by atoms with E-state index in [1.54, 1.807) is 31.4 Å². The molecule has 0 aliphatic carbocycles. The van der Waals surface area contributed by atoms with E-state index in [1.807, 2.05) is 12.1 Å². The van der Waals surface area contributed by atoms with Crippen molar-refractivity contribution in [3.05, 3.63) is 41.0 Å². The topological polar surface area (TPSA) is 71.9 Å². The highest BCUT2D eigenvalue weighted by molar-refractivity contribution is 6.30. The van der Waals surface area contributed by atoms with Gasteiger partial charge >= 0.3 is 0 Å². The molecule has 0 bridgehead atoms. The van der Waals surface area contributed by atoms with Crippen LogP contribution in [0.4, 0.5) is 5.69 Å². The Morgan fingerprint density at radius 1 is 1.33 bits per heavy atom. The van der Waals surface area contributed by atoms with Crippen LogP contribution in [0.3, 0.4) is 0 Å². The monoisotopic (exact) mass is 259 g/mol. The summed E-state index contributed by atoms with van der Waals surface area (Å²) in [6, 6.07) is 10.7. The van der Waals surface area contributed by atoms with E-state index in [0.29, 0.717) is 22.7 Å². The van der Waals surface area contributed by atoms with Crippen LogP contribution < -0.4 is 10.5 Å². The molecule has 5 heteroatoms. The Hall–Kier alpha value is -2.25. The van der Waals surface area contributed by atoms with Gasteiger partial charge in [-0.3, -0.25) is 0 Å². The van der Waals surface area contributed by atoms with E-state index in [0.717, 1.165) is 5.56 Å². The zero-order valence-corrected chi connectivity index (χ0v) is 10.4. The number of rotatable bonds is 2. The number of aromatic nitrogens is 1. The fourth-order valence-corrected chi connectivity index (χ4v) is 1.77. The number of hydrogen-bond donors (Lipinski definition) is 1. The quantitative estimate of drug-likeness (QED) is 0.665. The fraction of sp³-hybridized carbons (Fsp3) is 0.0769. The number of nitrogens with zero attached hydrogens (tertiary/aromatic N) is 2. The van der Waals surface area contributed by atoms with Gasteiger partial charge in [0.05, 0.1) is 24.1 Å². The molecule has 0 unspecified atom stereocenters. The van der Waals surface area contributed by atoms with Crippen LogP contribution >= 0.6 is 11.6 Å². The number of ether oxygens (including phenoxy) is 1. The highest BCUT2D eigenvalue weighted by Crippen LogP contribution is 2.28. The molecular formula is C13H10ClN3O. The number of nitrogen functional groups attached to an aromatic ring is 1. The third-order valence-electron chi connectivity index (χ3n) is 2.49. The van der Waals surface area contributed by atoms with Crippen molar-refractivity contribution in [2.75, 3.05) is 12.8 Å². The van der Waals surface area contributed by atoms with Crippen LogP contribution in [0.15, 0.2) is 30.3 Å². The number of anilines is 1. The summed E-state index contributed by atoms with van der Waals surface area (Å²) in [7, 11) is 1.56. The maximum Gasteiger partial charge on any atom is 0.147 e. The molecule has 0 amide bonds. The second-order valence-corrected chi connectivity index (χ2v) is 3.96. The lowest BCUT2D eigenvalue weighted by Gasteiger charge is -2.07. The molecule has 0 fully saturated rings. The molecule has 1 heterocycles. The third kappa shape index (κ3) is 2.22. The first-order chi connectivity index (χ1) is 8.65. The van der Waals surface area contributed by atoms with Crippen LogP contribution in [0.2, 0.25) is 5.15 Å². The normalized spacial score (nSPS) is 9.83. The maximum absolute atomic E-state index is 8.78. The average molecular weight is 260 g/mol. The fourth-order valence-electron chi connectivity index (χ4n) is 1.57. The first-order valence-corrected chi connectivity index (χ1v) is 5.54. The first-order valence-electron chi connectivity index (χ1n) is 5.16. The van der Waals surface area contributed by atoms with Gasteiger partial charge in [-0.1, -0.05) is 11.6 Å². The van der Waals surface area contributed by atoms with E-state index in [4.69, 9.17) is 27.3 Å². The summed E-state index contributed by atoms with van der Waals surface area (Å²) in [6.07, 6.45) is 0. The Kier molecular flexibility index (Phi) is 3.35.